The van der Waals surface area contributed by atoms with Crippen molar-refractivity contribution in [3.05, 3.63) is 40.7 Å². The minimum Gasteiger partial charge on any atom is -0.508 e. The van der Waals surface area contributed by atoms with Gasteiger partial charge in [0, 0.05) is 29.2 Å². The second kappa shape index (κ2) is 8.71. The van der Waals surface area contributed by atoms with E-state index in [4.69, 9.17) is 11.6 Å². The van der Waals surface area contributed by atoms with E-state index in [1.54, 1.807) is 24.4 Å². The first-order valence-electron chi connectivity index (χ1n) is 9.36. The molecule has 0 unspecified atom stereocenters. The van der Waals surface area contributed by atoms with Gasteiger partial charge in [-0.05, 0) is 57.7 Å². The van der Waals surface area contributed by atoms with Crippen molar-refractivity contribution in [2.45, 2.75) is 64.2 Å². The van der Waals surface area contributed by atoms with Gasteiger partial charge in [0.1, 0.15) is 5.75 Å². The molecule has 8 heteroatoms. The lowest BCUT2D eigenvalue weighted by molar-refractivity contribution is 0.0938. The Kier molecular flexibility index (Phi) is 6.34. The van der Waals surface area contributed by atoms with Crippen LogP contribution < -0.4 is 10.6 Å². The number of hydrogen-bond donors (Lipinski definition) is 3. The number of benzene rings is 1. The highest BCUT2D eigenvalue weighted by atomic mass is 35.5. The molecule has 7 nitrogen and oxygen atoms in total. The third-order valence-electron chi connectivity index (χ3n) is 4.86. The van der Waals surface area contributed by atoms with E-state index in [2.05, 4.69) is 20.9 Å². The van der Waals surface area contributed by atoms with Crippen LogP contribution in [0, 0.1) is 0 Å². The molecule has 1 fully saturated rings. The SMILES string of the molecule is CC(C)NC(=O)c1cn(C2CCC(NCc3cc(Cl)ccc3O)CC2)nn1. The third-order valence-corrected chi connectivity index (χ3v) is 5.09. The topological polar surface area (TPSA) is 92.1 Å². The molecule has 0 spiro atoms. The summed E-state index contributed by atoms with van der Waals surface area (Å²) in [7, 11) is 0. The minimum absolute atomic E-state index is 0.0723. The highest BCUT2D eigenvalue weighted by Crippen LogP contribution is 2.29. The van der Waals surface area contributed by atoms with Crippen LogP contribution in [-0.4, -0.2) is 38.1 Å². The normalized spacial score (nSPS) is 20.0. The van der Waals surface area contributed by atoms with Crippen LogP contribution in [0.4, 0.5) is 0 Å². The molecule has 0 radical (unpaired) electrons. The summed E-state index contributed by atoms with van der Waals surface area (Å²) in [5.74, 6) is 0.0725. The number of halogens is 1. The summed E-state index contributed by atoms with van der Waals surface area (Å²) in [5, 5.41) is 25.0. The number of phenolic OH excluding ortho intramolecular Hbond substituents is 1. The van der Waals surface area contributed by atoms with E-state index in [1.165, 1.54) is 0 Å². The van der Waals surface area contributed by atoms with Gasteiger partial charge in [0.2, 0.25) is 0 Å². The van der Waals surface area contributed by atoms with Gasteiger partial charge in [-0.3, -0.25) is 4.79 Å². The molecule has 2 aromatic rings. The van der Waals surface area contributed by atoms with Crippen molar-refractivity contribution in [3.63, 3.8) is 0 Å². The molecular formula is C19H26ClN5O2. The molecule has 1 heterocycles. The molecule has 3 rings (SSSR count). The Bertz CT molecular complexity index is 784. The zero-order chi connectivity index (χ0) is 19.4. The fourth-order valence-electron chi connectivity index (χ4n) is 3.39. The fraction of sp³-hybridized carbons (Fsp3) is 0.526. The Morgan fingerprint density at radius 3 is 2.78 bits per heavy atom. The van der Waals surface area contributed by atoms with Gasteiger partial charge in [0.05, 0.1) is 12.2 Å². The number of hydrogen-bond acceptors (Lipinski definition) is 5. The van der Waals surface area contributed by atoms with E-state index in [1.807, 2.05) is 18.5 Å². The predicted molar refractivity (Wildman–Crippen MR) is 104 cm³/mol. The molecule has 1 aliphatic rings. The van der Waals surface area contributed by atoms with Crippen LogP contribution in [0.2, 0.25) is 5.02 Å². The van der Waals surface area contributed by atoms with E-state index < -0.39 is 0 Å². The maximum atomic E-state index is 12.0. The van der Waals surface area contributed by atoms with E-state index in [9.17, 15) is 9.90 Å². The maximum Gasteiger partial charge on any atom is 0.273 e. The van der Waals surface area contributed by atoms with Gasteiger partial charge in [-0.2, -0.15) is 0 Å². The van der Waals surface area contributed by atoms with Gasteiger partial charge in [0.25, 0.3) is 5.91 Å². The number of carbonyl (C=O) groups excluding carboxylic acids is 1. The Balaban J connectivity index is 1.50. The second-order valence-electron chi connectivity index (χ2n) is 7.37. The molecular weight excluding hydrogens is 366 g/mol. The summed E-state index contributed by atoms with van der Waals surface area (Å²) in [6, 6.07) is 5.80. The van der Waals surface area contributed by atoms with Crippen molar-refractivity contribution in [2.24, 2.45) is 0 Å². The zero-order valence-electron chi connectivity index (χ0n) is 15.7. The van der Waals surface area contributed by atoms with Crippen LogP contribution in [0.3, 0.4) is 0 Å². The van der Waals surface area contributed by atoms with Gasteiger partial charge in [-0.15, -0.1) is 5.10 Å². The molecule has 1 aromatic heterocycles. The Morgan fingerprint density at radius 2 is 2.07 bits per heavy atom. The van der Waals surface area contributed by atoms with Crippen LogP contribution in [-0.2, 0) is 6.54 Å². The number of aromatic hydroxyl groups is 1. The van der Waals surface area contributed by atoms with E-state index in [0.29, 0.717) is 23.3 Å². The van der Waals surface area contributed by atoms with Crippen molar-refractivity contribution in [2.75, 3.05) is 0 Å². The molecule has 1 amide bonds. The van der Waals surface area contributed by atoms with Gasteiger partial charge in [-0.1, -0.05) is 16.8 Å². The first-order valence-corrected chi connectivity index (χ1v) is 9.73. The monoisotopic (exact) mass is 391 g/mol. The number of carbonyl (C=O) groups is 1. The van der Waals surface area contributed by atoms with E-state index >= 15 is 0 Å². The molecule has 3 N–H and O–H groups in total. The lowest BCUT2D eigenvalue weighted by Gasteiger charge is -2.29. The summed E-state index contributed by atoms with van der Waals surface area (Å²) in [4.78, 5) is 12.0. The first kappa shape index (κ1) is 19.6. The van der Waals surface area contributed by atoms with Crippen molar-refractivity contribution in [1.29, 1.82) is 0 Å². The van der Waals surface area contributed by atoms with Crippen molar-refractivity contribution >= 4 is 17.5 Å². The Morgan fingerprint density at radius 1 is 1.33 bits per heavy atom. The molecule has 0 atom stereocenters. The van der Waals surface area contributed by atoms with Crippen LogP contribution in [0.25, 0.3) is 0 Å². The highest BCUT2D eigenvalue weighted by Gasteiger charge is 2.24. The van der Waals surface area contributed by atoms with Crippen LogP contribution in [0.15, 0.2) is 24.4 Å². The lowest BCUT2D eigenvalue weighted by atomic mass is 9.91. The first-order chi connectivity index (χ1) is 12.9. The standard InChI is InChI=1S/C19H26ClN5O2/c1-12(2)22-19(27)17-11-25(24-23-17)16-6-4-15(5-7-16)21-10-13-9-14(20)3-8-18(13)26/h3,8-9,11-12,15-16,21,26H,4-7,10H2,1-2H3,(H,22,27). The predicted octanol–water partition coefficient (Wildman–Crippen LogP) is 3.05. The molecule has 1 aromatic carbocycles. The number of phenols is 1. The number of rotatable bonds is 6. The molecule has 146 valence electrons. The third kappa shape index (κ3) is 5.20. The van der Waals surface area contributed by atoms with E-state index in [-0.39, 0.29) is 23.7 Å². The van der Waals surface area contributed by atoms with Crippen molar-refractivity contribution in [1.82, 2.24) is 25.6 Å². The largest absolute Gasteiger partial charge is 0.508 e. The van der Waals surface area contributed by atoms with Crippen molar-refractivity contribution in [3.8, 4) is 5.75 Å². The van der Waals surface area contributed by atoms with E-state index in [0.717, 1.165) is 31.2 Å². The van der Waals surface area contributed by atoms with Crippen LogP contribution in [0.1, 0.15) is 61.6 Å². The smallest absolute Gasteiger partial charge is 0.273 e. The molecule has 0 saturated heterocycles. The summed E-state index contributed by atoms with van der Waals surface area (Å²) >= 11 is 5.99. The zero-order valence-corrected chi connectivity index (χ0v) is 16.4. The number of nitrogens with zero attached hydrogens (tertiary/aromatic N) is 3. The minimum atomic E-state index is -0.187. The van der Waals surface area contributed by atoms with Crippen LogP contribution >= 0.6 is 11.6 Å². The fourth-order valence-corrected chi connectivity index (χ4v) is 3.58. The molecule has 1 aliphatic carbocycles. The molecule has 0 bridgehead atoms. The quantitative estimate of drug-likeness (QED) is 0.703. The Labute approximate surface area is 164 Å². The highest BCUT2D eigenvalue weighted by molar-refractivity contribution is 6.30. The van der Waals surface area contributed by atoms with Gasteiger partial charge < -0.3 is 15.7 Å². The summed E-state index contributed by atoms with van der Waals surface area (Å²) < 4.78 is 1.81. The average Bonchev–Trinajstić information content (AvgIpc) is 3.13. The number of aromatic nitrogens is 3. The summed E-state index contributed by atoms with van der Waals surface area (Å²) in [6.45, 7) is 4.42. The van der Waals surface area contributed by atoms with Gasteiger partial charge in [-0.25, -0.2) is 4.68 Å². The van der Waals surface area contributed by atoms with Gasteiger partial charge >= 0.3 is 0 Å². The molecule has 27 heavy (non-hydrogen) atoms. The second-order valence-corrected chi connectivity index (χ2v) is 7.81. The number of amides is 1. The molecule has 0 aliphatic heterocycles. The summed E-state index contributed by atoms with van der Waals surface area (Å²) in [6.07, 6.45) is 5.67. The van der Waals surface area contributed by atoms with Crippen LogP contribution in [0.5, 0.6) is 5.75 Å². The number of nitrogens with one attached hydrogen (secondary N) is 2. The van der Waals surface area contributed by atoms with Gasteiger partial charge in [0.15, 0.2) is 5.69 Å². The average molecular weight is 392 g/mol. The summed E-state index contributed by atoms with van der Waals surface area (Å²) in [5.41, 5.74) is 1.17. The van der Waals surface area contributed by atoms with Crippen molar-refractivity contribution < 1.29 is 9.90 Å². The Hall–Kier alpha value is -2.12. The maximum absolute atomic E-state index is 12.0. The molecule has 1 saturated carbocycles. The lowest BCUT2D eigenvalue weighted by Crippen LogP contribution is -2.33.